The van der Waals surface area contributed by atoms with Crippen molar-refractivity contribution >= 4 is 51.4 Å². The molecule has 290 valence electrons. The van der Waals surface area contributed by atoms with Crippen LogP contribution in [-0.4, -0.2) is 152 Å². The minimum atomic E-state index is -9.45. The standard InChI is InChI=1S/C16H3F29O3.K.H/c17-1(18)3(21,22)5(25,26)7(29,30)9(33,34)11(37,38)13(41)16(44,45)48-14(47-13,15(42,43)46)12(39,40)10(35,36)8(31,32)6(27,28)4(23,24)2(19)20;;/h1-2,46H;;. The van der Waals surface area contributed by atoms with Gasteiger partial charge in [0.2, 0.25) is 0 Å². The van der Waals surface area contributed by atoms with Crippen LogP contribution in [0.5, 0.6) is 0 Å². The summed E-state index contributed by atoms with van der Waals surface area (Å²) >= 11 is 0. The van der Waals surface area contributed by atoms with Gasteiger partial charge in [-0.25, -0.2) is 17.6 Å². The van der Waals surface area contributed by atoms with Crippen molar-refractivity contribution in [2.45, 2.75) is 95.9 Å². The van der Waals surface area contributed by atoms with E-state index >= 15 is 0 Å². The molecule has 0 bridgehead atoms. The van der Waals surface area contributed by atoms with Crippen molar-refractivity contribution in [2.24, 2.45) is 0 Å². The molecule has 3 nitrogen and oxygen atoms in total. The molecule has 0 spiro atoms. The van der Waals surface area contributed by atoms with Gasteiger partial charge in [0.1, 0.15) is 0 Å². The maximum atomic E-state index is 14.7. The zero-order chi connectivity index (χ0) is 39.6. The van der Waals surface area contributed by atoms with Gasteiger partial charge in [0, 0.05) is 0 Å². The fraction of sp³-hybridized carbons (Fsp3) is 1.00. The average Bonchev–Trinajstić information content (AvgIpc) is 3.10. The number of ether oxygens (including phenoxy) is 2. The second kappa shape index (κ2) is 12.3. The van der Waals surface area contributed by atoms with Gasteiger partial charge in [-0.3, -0.25) is 9.47 Å². The van der Waals surface area contributed by atoms with E-state index in [0.717, 1.165) is 0 Å². The minimum absolute atomic E-state index is 0. The molecule has 33 heteroatoms. The molecule has 1 aliphatic heterocycles. The first kappa shape index (κ1) is 48.5. The van der Waals surface area contributed by atoms with Crippen LogP contribution in [-0.2, 0) is 9.47 Å². The van der Waals surface area contributed by atoms with E-state index in [1.807, 2.05) is 0 Å². The van der Waals surface area contributed by atoms with Crippen LogP contribution in [0.3, 0.4) is 0 Å². The first-order valence-corrected chi connectivity index (χ1v) is 10.2. The van der Waals surface area contributed by atoms with Crippen molar-refractivity contribution in [1.29, 1.82) is 0 Å². The van der Waals surface area contributed by atoms with E-state index in [1.165, 1.54) is 9.47 Å². The molecule has 1 saturated heterocycles. The molecule has 0 aliphatic carbocycles. The van der Waals surface area contributed by atoms with E-state index in [4.69, 9.17) is 5.11 Å². The first-order valence-electron chi connectivity index (χ1n) is 10.2. The summed E-state index contributed by atoms with van der Waals surface area (Å²) in [5.74, 6) is -108. The van der Waals surface area contributed by atoms with Crippen molar-refractivity contribution in [2.75, 3.05) is 0 Å². The van der Waals surface area contributed by atoms with Crippen LogP contribution in [0.2, 0.25) is 0 Å². The zero-order valence-corrected chi connectivity index (χ0v) is 20.4. The summed E-state index contributed by atoms with van der Waals surface area (Å²) in [7, 11) is 0. The van der Waals surface area contributed by atoms with Gasteiger partial charge in [-0.15, -0.1) is 0 Å². The Morgan fingerprint density at radius 2 is 0.673 bits per heavy atom. The molecule has 2 atom stereocenters. The number of aliphatic hydroxyl groups is 1. The fourth-order valence-electron chi connectivity index (χ4n) is 3.10. The summed E-state index contributed by atoms with van der Waals surface area (Å²) in [6, 6.07) is 0. The molecule has 2 unspecified atom stereocenters. The predicted octanol–water partition coefficient (Wildman–Crippen LogP) is 7.81. The Labute approximate surface area is 288 Å². The number of hydrogen-bond donors (Lipinski definition) is 1. The molecule has 1 aliphatic rings. The van der Waals surface area contributed by atoms with Crippen LogP contribution < -0.4 is 0 Å². The van der Waals surface area contributed by atoms with Crippen LogP contribution in [0.4, 0.5) is 127 Å². The van der Waals surface area contributed by atoms with E-state index in [1.54, 1.807) is 0 Å². The Morgan fingerprint density at radius 3 is 0.918 bits per heavy atom. The SMILES string of the molecule is OC(F)(F)C1(C(F)(F)C(F)(F)C(F)(F)C(F)(F)C(F)(F)C(F)F)OC(F)(F)C(F)(C(F)(F)C(F)(F)C(F)(F)C(F)(F)C(F)(F)C(F)F)O1.[KH]. The summed E-state index contributed by atoms with van der Waals surface area (Å²) < 4.78 is 394. The van der Waals surface area contributed by atoms with Crippen molar-refractivity contribution in [3.63, 3.8) is 0 Å². The molecular weight excluding hydrogens is 830 g/mol. The Hall–Kier alpha value is -0.514. The number of hydrogen-bond acceptors (Lipinski definition) is 3. The molecule has 1 fully saturated rings. The van der Waals surface area contributed by atoms with Crippen LogP contribution in [0.1, 0.15) is 0 Å². The molecule has 0 amide bonds. The summed E-state index contributed by atoms with van der Waals surface area (Å²) in [5.41, 5.74) is 0. The van der Waals surface area contributed by atoms with Gasteiger partial charge < -0.3 is 5.11 Å². The van der Waals surface area contributed by atoms with Crippen LogP contribution in [0.15, 0.2) is 0 Å². The van der Waals surface area contributed by atoms with E-state index in [-0.39, 0.29) is 51.4 Å². The summed E-state index contributed by atoms with van der Waals surface area (Å²) in [6.07, 6.45) is -29.6. The van der Waals surface area contributed by atoms with E-state index in [2.05, 4.69) is 0 Å². The Bertz CT molecular complexity index is 1210. The van der Waals surface area contributed by atoms with E-state index in [9.17, 15) is 127 Å². The number of alkyl halides is 29. The maximum absolute atomic E-state index is 14.7. The van der Waals surface area contributed by atoms with Crippen molar-refractivity contribution in [1.82, 2.24) is 0 Å². The molecule has 1 heterocycles. The van der Waals surface area contributed by atoms with Crippen LogP contribution >= 0.6 is 0 Å². The van der Waals surface area contributed by atoms with E-state index < -0.39 is 95.9 Å². The monoisotopic (exact) mass is 834 g/mol. The second-order valence-electron chi connectivity index (χ2n) is 8.92. The first-order chi connectivity index (χ1) is 20.3. The Morgan fingerprint density at radius 1 is 0.408 bits per heavy atom. The molecule has 0 aromatic rings. The van der Waals surface area contributed by atoms with Gasteiger partial charge in [0.25, 0.3) is 0 Å². The van der Waals surface area contributed by atoms with Crippen LogP contribution in [0.25, 0.3) is 0 Å². The summed E-state index contributed by atoms with van der Waals surface area (Å²) in [5, 5.41) is 8.29. The van der Waals surface area contributed by atoms with Crippen molar-refractivity contribution in [3.8, 4) is 0 Å². The molecular formula is C16H4F29KO3. The number of halogens is 29. The molecule has 0 aromatic heterocycles. The third-order valence-corrected chi connectivity index (χ3v) is 5.90. The summed E-state index contributed by atoms with van der Waals surface area (Å²) in [4.78, 5) is 0. The van der Waals surface area contributed by atoms with Gasteiger partial charge >= 0.3 is 147 Å². The molecule has 0 aromatic carbocycles. The Kier molecular flexibility index (Phi) is 12.1. The molecule has 0 saturated carbocycles. The molecule has 1 N–H and O–H groups in total. The normalized spacial score (nSPS) is 24.5. The van der Waals surface area contributed by atoms with E-state index in [0.29, 0.717) is 0 Å². The van der Waals surface area contributed by atoms with Gasteiger partial charge in [-0.05, 0) is 0 Å². The van der Waals surface area contributed by atoms with Gasteiger partial charge in [0.05, 0.1) is 0 Å². The second-order valence-corrected chi connectivity index (χ2v) is 8.92. The predicted molar refractivity (Wildman–Crippen MR) is 89.5 cm³/mol. The van der Waals surface area contributed by atoms with Gasteiger partial charge in [0.15, 0.2) is 0 Å². The fourth-order valence-corrected chi connectivity index (χ4v) is 3.10. The quantitative estimate of drug-likeness (QED) is 0.152. The molecule has 0 radical (unpaired) electrons. The average molecular weight is 834 g/mol. The van der Waals surface area contributed by atoms with Crippen molar-refractivity contribution in [3.05, 3.63) is 0 Å². The third kappa shape index (κ3) is 5.68. The summed E-state index contributed by atoms with van der Waals surface area (Å²) in [6.45, 7) is 0. The number of rotatable bonds is 13. The topological polar surface area (TPSA) is 38.7 Å². The van der Waals surface area contributed by atoms with Crippen molar-refractivity contribution < 1.29 is 142 Å². The Balaban J connectivity index is 0.0000230. The zero-order valence-electron chi connectivity index (χ0n) is 20.4. The van der Waals surface area contributed by atoms with Gasteiger partial charge in [-0.1, -0.05) is 0 Å². The van der Waals surface area contributed by atoms with Gasteiger partial charge in [-0.2, -0.15) is 110 Å². The third-order valence-electron chi connectivity index (χ3n) is 5.90. The molecule has 1 rings (SSSR count). The molecule has 49 heavy (non-hydrogen) atoms. The van der Waals surface area contributed by atoms with Crippen LogP contribution in [0, 0.1) is 0 Å².